The Morgan fingerprint density at radius 3 is 2.50 bits per heavy atom. The van der Waals surface area contributed by atoms with Gasteiger partial charge >= 0.3 is 5.69 Å². The number of halogens is 3. The van der Waals surface area contributed by atoms with E-state index in [1.807, 2.05) is 0 Å². The van der Waals surface area contributed by atoms with Gasteiger partial charge in [0, 0.05) is 6.07 Å². The number of ether oxygens (including phenoxy) is 1. The molecule has 0 heterocycles. The first-order valence-corrected chi connectivity index (χ1v) is 5.04. The van der Waals surface area contributed by atoms with Gasteiger partial charge in [-0.1, -0.05) is 0 Å². The van der Waals surface area contributed by atoms with Gasteiger partial charge in [0.05, 0.1) is 18.1 Å². The third-order valence-corrected chi connectivity index (χ3v) is 2.52. The summed E-state index contributed by atoms with van der Waals surface area (Å²) in [4.78, 5) is 9.74. The second-order valence-corrected chi connectivity index (χ2v) is 3.74. The third-order valence-electron chi connectivity index (χ3n) is 2.52. The number of hydrogen-bond acceptors (Lipinski definition) is 6. The number of hydrogen-bond donors (Lipinski definition) is 3. The lowest BCUT2D eigenvalue weighted by Crippen LogP contribution is -2.36. The molecule has 1 atom stereocenters. The number of rotatable bonds is 5. The number of methoxy groups -OCH3 is 1. The van der Waals surface area contributed by atoms with Crippen molar-refractivity contribution in [3.63, 3.8) is 0 Å². The van der Waals surface area contributed by atoms with Crippen molar-refractivity contribution in [1.82, 2.24) is 0 Å². The average Bonchev–Trinajstić information content (AvgIpc) is 2.37. The molecular weight excluding hydrogens is 302 g/mol. The Morgan fingerprint density at radius 1 is 1.55 bits per heavy atom. The first kappa shape index (κ1) is 18.3. The van der Waals surface area contributed by atoms with Gasteiger partial charge in [-0.3, -0.25) is 10.1 Å². The van der Waals surface area contributed by atoms with Crippen LogP contribution in [-0.2, 0) is 0 Å². The van der Waals surface area contributed by atoms with E-state index in [-0.39, 0.29) is 23.7 Å². The Bertz CT molecular complexity index is 501. The largest absolute Gasteiger partial charge is 0.500 e. The van der Waals surface area contributed by atoms with Gasteiger partial charge in [-0.25, -0.2) is 8.78 Å². The van der Waals surface area contributed by atoms with Gasteiger partial charge in [0.2, 0.25) is 5.75 Å². The van der Waals surface area contributed by atoms with Gasteiger partial charge in [-0.05, 0) is 11.6 Å². The van der Waals surface area contributed by atoms with E-state index in [2.05, 4.69) is 4.74 Å². The first-order chi connectivity index (χ1) is 8.74. The summed E-state index contributed by atoms with van der Waals surface area (Å²) in [6, 6.07) is -0.298. The topological polar surface area (TPSA) is 119 Å². The Hall–Kier alpha value is -1.71. The van der Waals surface area contributed by atoms with Gasteiger partial charge in [-0.2, -0.15) is 0 Å². The van der Waals surface area contributed by atoms with E-state index in [9.17, 15) is 24.0 Å². The van der Waals surface area contributed by atoms with Crippen molar-refractivity contribution in [3.05, 3.63) is 27.8 Å². The SMILES string of the molecule is COc1cc([C@H](N)C(F)(F)CO)cc([N+](=O)[O-])c1O.Cl. The molecule has 0 radical (unpaired) electrons. The van der Waals surface area contributed by atoms with E-state index in [1.165, 1.54) is 0 Å². The summed E-state index contributed by atoms with van der Waals surface area (Å²) < 4.78 is 31.2. The Kier molecular flexibility index (Phi) is 6.07. The standard InChI is InChI=1S/C10H12F2N2O5.ClH/c1-19-7-3-5(9(13)10(11,12)4-15)2-6(8(7)16)14(17)18;/h2-3,9,15-16H,4,13H2,1H3;1H/t9-;/m0./s1. The molecule has 0 aliphatic heterocycles. The lowest BCUT2D eigenvalue weighted by atomic mass is 10.0. The van der Waals surface area contributed by atoms with E-state index in [0.717, 1.165) is 13.2 Å². The minimum atomic E-state index is -3.66. The zero-order valence-corrected chi connectivity index (χ0v) is 11.1. The molecule has 0 spiro atoms. The molecule has 20 heavy (non-hydrogen) atoms. The number of nitro benzene ring substituents is 1. The molecule has 1 rings (SSSR count). The lowest BCUT2D eigenvalue weighted by Gasteiger charge is -2.22. The van der Waals surface area contributed by atoms with Crippen LogP contribution in [0.15, 0.2) is 12.1 Å². The van der Waals surface area contributed by atoms with Crippen molar-refractivity contribution in [2.45, 2.75) is 12.0 Å². The number of nitrogens with zero attached hydrogens (tertiary/aromatic N) is 1. The third kappa shape index (κ3) is 3.44. The summed E-state index contributed by atoms with van der Waals surface area (Å²) in [7, 11) is 1.11. The summed E-state index contributed by atoms with van der Waals surface area (Å²) in [5.41, 5.74) is 4.12. The highest BCUT2D eigenvalue weighted by Gasteiger charge is 2.38. The minimum absolute atomic E-state index is 0. The molecule has 0 bridgehead atoms. The van der Waals surface area contributed by atoms with Crippen molar-refractivity contribution in [2.75, 3.05) is 13.7 Å². The summed E-state index contributed by atoms with van der Waals surface area (Å²) in [5.74, 6) is -4.79. The molecule has 0 aliphatic carbocycles. The first-order valence-electron chi connectivity index (χ1n) is 5.04. The lowest BCUT2D eigenvalue weighted by molar-refractivity contribution is -0.386. The van der Waals surface area contributed by atoms with E-state index in [0.29, 0.717) is 6.07 Å². The summed E-state index contributed by atoms with van der Waals surface area (Å²) in [6.07, 6.45) is 0. The van der Waals surface area contributed by atoms with Crippen LogP contribution in [0.5, 0.6) is 11.5 Å². The molecule has 0 unspecified atom stereocenters. The van der Waals surface area contributed by atoms with Gasteiger partial charge in [0.1, 0.15) is 6.61 Å². The minimum Gasteiger partial charge on any atom is -0.500 e. The van der Waals surface area contributed by atoms with Crippen LogP contribution in [0.25, 0.3) is 0 Å². The second-order valence-electron chi connectivity index (χ2n) is 3.74. The fourth-order valence-corrected chi connectivity index (χ4v) is 1.43. The maximum Gasteiger partial charge on any atom is 0.314 e. The molecule has 1 aromatic rings. The van der Waals surface area contributed by atoms with Gasteiger partial charge in [0.25, 0.3) is 5.92 Å². The van der Waals surface area contributed by atoms with E-state index < -0.39 is 34.9 Å². The van der Waals surface area contributed by atoms with Crippen LogP contribution in [0.4, 0.5) is 14.5 Å². The van der Waals surface area contributed by atoms with Gasteiger partial charge in [-0.15, -0.1) is 12.4 Å². The van der Waals surface area contributed by atoms with Gasteiger partial charge in [0.15, 0.2) is 5.75 Å². The van der Waals surface area contributed by atoms with Crippen molar-refractivity contribution < 1.29 is 28.7 Å². The normalized spacial score (nSPS) is 12.4. The fourth-order valence-electron chi connectivity index (χ4n) is 1.43. The fraction of sp³-hybridized carbons (Fsp3) is 0.400. The van der Waals surface area contributed by atoms with Crippen LogP contribution >= 0.6 is 12.4 Å². The van der Waals surface area contributed by atoms with Crippen LogP contribution in [0, 0.1) is 10.1 Å². The second kappa shape index (κ2) is 6.64. The van der Waals surface area contributed by atoms with Crippen LogP contribution in [-0.4, -0.2) is 34.8 Å². The zero-order chi connectivity index (χ0) is 14.8. The Balaban J connectivity index is 0.00000361. The van der Waals surface area contributed by atoms with Crippen molar-refractivity contribution in [1.29, 1.82) is 0 Å². The van der Waals surface area contributed by atoms with Crippen molar-refractivity contribution in [3.8, 4) is 11.5 Å². The number of nitro groups is 1. The molecule has 0 aliphatic rings. The number of aliphatic hydroxyl groups is 1. The van der Waals surface area contributed by atoms with E-state index >= 15 is 0 Å². The Morgan fingerprint density at radius 2 is 2.10 bits per heavy atom. The maximum absolute atomic E-state index is 13.3. The van der Waals surface area contributed by atoms with Crippen molar-refractivity contribution in [2.24, 2.45) is 5.73 Å². The summed E-state index contributed by atoms with van der Waals surface area (Å²) in [5, 5.41) is 28.7. The smallest absolute Gasteiger partial charge is 0.314 e. The van der Waals surface area contributed by atoms with Crippen LogP contribution in [0.3, 0.4) is 0 Å². The molecule has 0 aromatic heterocycles. The molecule has 0 amide bonds. The number of phenols is 1. The molecular formula is C10H13ClF2N2O5. The highest BCUT2D eigenvalue weighted by Crippen LogP contribution is 2.40. The monoisotopic (exact) mass is 314 g/mol. The predicted octanol–water partition coefficient (Wildman–Crippen LogP) is 1.36. The number of alkyl halides is 2. The molecule has 0 fully saturated rings. The molecule has 1 aromatic carbocycles. The summed E-state index contributed by atoms with van der Waals surface area (Å²) in [6.45, 7) is -1.51. The van der Waals surface area contributed by atoms with E-state index in [4.69, 9.17) is 10.8 Å². The highest BCUT2D eigenvalue weighted by molar-refractivity contribution is 5.85. The van der Waals surface area contributed by atoms with Gasteiger partial charge < -0.3 is 20.7 Å². The van der Waals surface area contributed by atoms with Crippen LogP contribution in [0.2, 0.25) is 0 Å². The predicted molar refractivity (Wildman–Crippen MR) is 67.5 cm³/mol. The number of aromatic hydroxyl groups is 1. The van der Waals surface area contributed by atoms with Crippen LogP contribution < -0.4 is 10.5 Å². The molecule has 10 heteroatoms. The summed E-state index contributed by atoms with van der Waals surface area (Å²) >= 11 is 0. The average molecular weight is 315 g/mol. The Labute approximate surface area is 118 Å². The molecule has 0 saturated carbocycles. The van der Waals surface area contributed by atoms with E-state index in [1.54, 1.807) is 0 Å². The number of benzene rings is 1. The molecule has 4 N–H and O–H groups in total. The van der Waals surface area contributed by atoms with Crippen LogP contribution in [0.1, 0.15) is 11.6 Å². The molecule has 7 nitrogen and oxygen atoms in total. The van der Waals surface area contributed by atoms with Crippen molar-refractivity contribution >= 4 is 18.1 Å². The maximum atomic E-state index is 13.3. The molecule has 114 valence electrons. The highest BCUT2D eigenvalue weighted by atomic mass is 35.5. The number of nitrogens with two attached hydrogens (primary N) is 1. The number of phenolic OH excluding ortho intramolecular Hbond substituents is 1. The zero-order valence-electron chi connectivity index (χ0n) is 10.2. The quantitative estimate of drug-likeness (QED) is 0.557. The number of aliphatic hydroxyl groups excluding tert-OH is 1. The molecule has 0 saturated heterocycles.